The second kappa shape index (κ2) is 9.36. The number of carbonyl (C=O) groups excluding carboxylic acids is 1. The lowest BCUT2D eigenvalue weighted by Gasteiger charge is -2.06. The van der Waals surface area contributed by atoms with E-state index in [1.165, 1.54) is 0 Å². The molecule has 0 saturated carbocycles. The van der Waals surface area contributed by atoms with Crippen molar-refractivity contribution >= 4 is 5.91 Å². The first-order valence-electron chi connectivity index (χ1n) is 8.63. The molecular weight excluding hydrogens is 330 g/mol. The zero-order chi connectivity index (χ0) is 18.0. The van der Waals surface area contributed by atoms with E-state index in [9.17, 15) is 4.79 Å². The van der Waals surface area contributed by atoms with Gasteiger partial charge in [-0.2, -0.15) is 0 Å². The Balaban J connectivity index is 1.32. The molecule has 2 aromatic carbocycles. The third-order valence-corrected chi connectivity index (χ3v) is 3.71. The summed E-state index contributed by atoms with van der Waals surface area (Å²) >= 11 is 0. The number of amides is 1. The van der Waals surface area contributed by atoms with Crippen LogP contribution in [-0.4, -0.2) is 29.3 Å². The Morgan fingerprint density at radius 2 is 1.73 bits per heavy atom. The SMILES string of the molecule is O=C(CCCOc1ccccc1)NCCc1nnc(-c2ccccc2)o1. The van der Waals surface area contributed by atoms with Crippen molar-refractivity contribution in [3.8, 4) is 17.2 Å². The van der Waals surface area contributed by atoms with Gasteiger partial charge < -0.3 is 14.5 Å². The molecule has 0 fully saturated rings. The normalized spacial score (nSPS) is 10.5. The van der Waals surface area contributed by atoms with Gasteiger partial charge in [0.2, 0.25) is 17.7 Å². The fraction of sp³-hybridized carbons (Fsp3) is 0.250. The number of hydrogen-bond acceptors (Lipinski definition) is 5. The molecule has 1 N–H and O–H groups in total. The zero-order valence-corrected chi connectivity index (χ0v) is 14.4. The fourth-order valence-corrected chi connectivity index (χ4v) is 2.39. The number of rotatable bonds is 9. The minimum Gasteiger partial charge on any atom is -0.494 e. The van der Waals surface area contributed by atoms with Gasteiger partial charge in [0, 0.05) is 24.9 Å². The van der Waals surface area contributed by atoms with E-state index in [0.29, 0.717) is 44.2 Å². The van der Waals surface area contributed by atoms with Gasteiger partial charge in [0.1, 0.15) is 5.75 Å². The van der Waals surface area contributed by atoms with Crippen molar-refractivity contribution in [2.75, 3.05) is 13.2 Å². The van der Waals surface area contributed by atoms with Crippen LogP contribution in [-0.2, 0) is 11.2 Å². The van der Waals surface area contributed by atoms with Crippen LogP contribution in [0.4, 0.5) is 0 Å². The third kappa shape index (κ3) is 5.44. The van der Waals surface area contributed by atoms with E-state index in [1.54, 1.807) is 0 Å². The monoisotopic (exact) mass is 351 g/mol. The lowest BCUT2D eigenvalue weighted by atomic mass is 10.2. The third-order valence-electron chi connectivity index (χ3n) is 3.71. The van der Waals surface area contributed by atoms with Crippen molar-refractivity contribution in [2.24, 2.45) is 0 Å². The van der Waals surface area contributed by atoms with Crippen LogP contribution in [0.15, 0.2) is 65.1 Å². The molecule has 6 heteroatoms. The van der Waals surface area contributed by atoms with Crippen molar-refractivity contribution in [2.45, 2.75) is 19.3 Å². The molecule has 6 nitrogen and oxygen atoms in total. The molecule has 134 valence electrons. The van der Waals surface area contributed by atoms with Gasteiger partial charge in [-0.25, -0.2) is 0 Å². The standard InChI is InChI=1S/C20H21N3O3/c24-18(12-7-15-25-17-10-5-2-6-11-17)21-14-13-19-22-23-20(26-19)16-8-3-1-4-9-16/h1-6,8-11H,7,12-15H2,(H,21,24). The molecule has 1 heterocycles. The Bertz CT molecular complexity index is 803. The van der Waals surface area contributed by atoms with Crippen LogP contribution in [0.2, 0.25) is 0 Å². The smallest absolute Gasteiger partial charge is 0.247 e. The molecule has 1 aromatic heterocycles. The first-order chi connectivity index (χ1) is 12.8. The van der Waals surface area contributed by atoms with E-state index in [0.717, 1.165) is 11.3 Å². The fourth-order valence-electron chi connectivity index (χ4n) is 2.39. The molecule has 0 atom stereocenters. The molecule has 0 radical (unpaired) electrons. The van der Waals surface area contributed by atoms with Gasteiger partial charge >= 0.3 is 0 Å². The molecule has 0 bridgehead atoms. The summed E-state index contributed by atoms with van der Waals surface area (Å²) in [5, 5.41) is 10.9. The summed E-state index contributed by atoms with van der Waals surface area (Å²) in [7, 11) is 0. The molecule has 0 aliphatic carbocycles. The van der Waals surface area contributed by atoms with Crippen LogP contribution in [0.3, 0.4) is 0 Å². The molecule has 0 aliphatic rings. The second-order valence-electron chi connectivity index (χ2n) is 5.73. The lowest BCUT2D eigenvalue weighted by molar-refractivity contribution is -0.121. The highest BCUT2D eigenvalue weighted by atomic mass is 16.5. The summed E-state index contributed by atoms with van der Waals surface area (Å²) in [5.74, 6) is 1.81. The molecule has 3 rings (SSSR count). The Hall–Kier alpha value is -3.15. The van der Waals surface area contributed by atoms with E-state index in [1.807, 2.05) is 60.7 Å². The van der Waals surface area contributed by atoms with Gasteiger partial charge in [-0.15, -0.1) is 10.2 Å². The van der Waals surface area contributed by atoms with Crippen LogP contribution < -0.4 is 10.1 Å². The van der Waals surface area contributed by atoms with Crippen LogP contribution in [0.1, 0.15) is 18.7 Å². The number of nitrogens with zero attached hydrogens (tertiary/aromatic N) is 2. The Labute approximate surface area is 152 Å². The quantitative estimate of drug-likeness (QED) is 0.599. The molecule has 0 saturated heterocycles. The number of aromatic nitrogens is 2. The van der Waals surface area contributed by atoms with Crippen LogP contribution >= 0.6 is 0 Å². The average Bonchev–Trinajstić information content (AvgIpc) is 3.16. The van der Waals surface area contributed by atoms with Gasteiger partial charge in [-0.05, 0) is 30.7 Å². The summed E-state index contributed by atoms with van der Waals surface area (Å²) < 4.78 is 11.2. The summed E-state index contributed by atoms with van der Waals surface area (Å²) in [6.45, 7) is 0.982. The number of para-hydroxylation sites is 1. The summed E-state index contributed by atoms with van der Waals surface area (Å²) in [6.07, 6.45) is 1.59. The Morgan fingerprint density at radius 1 is 1.00 bits per heavy atom. The number of benzene rings is 2. The molecular formula is C20H21N3O3. The number of nitrogens with one attached hydrogen (secondary N) is 1. The van der Waals surface area contributed by atoms with E-state index < -0.39 is 0 Å². The molecule has 0 unspecified atom stereocenters. The highest BCUT2D eigenvalue weighted by molar-refractivity contribution is 5.75. The van der Waals surface area contributed by atoms with Gasteiger partial charge in [0.05, 0.1) is 6.61 Å². The maximum Gasteiger partial charge on any atom is 0.247 e. The topological polar surface area (TPSA) is 77.2 Å². The van der Waals surface area contributed by atoms with Gasteiger partial charge in [0.15, 0.2) is 0 Å². The Kier molecular flexibility index (Phi) is 6.36. The van der Waals surface area contributed by atoms with Crippen molar-refractivity contribution in [1.29, 1.82) is 0 Å². The van der Waals surface area contributed by atoms with Crippen LogP contribution in [0.25, 0.3) is 11.5 Å². The predicted molar refractivity (Wildman–Crippen MR) is 97.6 cm³/mol. The van der Waals surface area contributed by atoms with E-state index >= 15 is 0 Å². The highest BCUT2D eigenvalue weighted by Gasteiger charge is 2.08. The van der Waals surface area contributed by atoms with Gasteiger partial charge in [-0.3, -0.25) is 4.79 Å². The summed E-state index contributed by atoms with van der Waals surface area (Å²) in [4.78, 5) is 11.8. The van der Waals surface area contributed by atoms with E-state index in [2.05, 4.69) is 15.5 Å². The van der Waals surface area contributed by atoms with E-state index in [4.69, 9.17) is 9.15 Å². The van der Waals surface area contributed by atoms with Gasteiger partial charge in [-0.1, -0.05) is 36.4 Å². The molecule has 3 aromatic rings. The van der Waals surface area contributed by atoms with Crippen molar-refractivity contribution in [3.63, 3.8) is 0 Å². The minimum atomic E-state index is -0.00976. The lowest BCUT2D eigenvalue weighted by Crippen LogP contribution is -2.25. The molecule has 0 aliphatic heterocycles. The number of carbonyl (C=O) groups is 1. The average molecular weight is 351 g/mol. The maximum absolute atomic E-state index is 11.8. The van der Waals surface area contributed by atoms with Crippen molar-refractivity contribution in [1.82, 2.24) is 15.5 Å². The van der Waals surface area contributed by atoms with Crippen LogP contribution in [0, 0.1) is 0 Å². The summed E-state index contributed by atoms with van der Waals surface area (Å²) in [5.41, 5.74) is 0.883. The molecule has 1 amide bonds. The van der Waals surface area contributed by atoms with E-state index in [-0.39, 0.29) is 5.91 Å². The predicted octanol–water partition coefficient (Wildman–Crippen LogP) is 3.25. The highest BCUT2D eigenvalue weighted by Crippen LogP contribution is 2.16. The van der Waals surface area contributed by atoms with Crippen LogP contribution in [0.5, 0.6) is 5.75 Å². The first kappa shape index (κ1) is 17.7. The zero-order valence-electron chi connectivity index (χ0n) is 14.4. The molecule has 26 heavy (non-hydrogen) atoms. The minimum absolute atomic E-state index is 0.00976. The first-order valence-corrected chi connectivity index (χ1v) is 8.63. The van der Waals surface area contributed by atoms with Gasteiger partial charge in [0.25, 0.3) is 0 Å². The largest absolute Gasteiger partial charge is 0.494 e. The molecule has 0 spiro atoms. The number of hydrogen-bond donors (Lipinski definition) is 1. The number of ether oxygens (including phenoxy) is 1. The van der Waals surface area contributed by atoms with Crippen molar-refractivity contribution in [3.05, 3.63) is 66.6 Å². The van der Waals surface area contributed by atoms with Crippen molar-refractivity contribution < 1.29 is 13.9 Å². The Morgan fingerprint density at radius 3 is 2.50 bits per heavy atom. The second-order valence-corrected chi connectivity index (χ2v) is 5.73. The summed E-state index contributed by atoms with van der Waals surface area (Å²) in [6, 6.07) is 19.2. The maximum atomic E-state index is 11.8.